The normalized spacial score (nSPS) is 36.2. The second-order valence-corrected chi connectivity index (χ2v) is 3.62. The van der Waals surface area contributed by atoms with Crippen molar-refractivity contribution in [3.63, 3.8) is 0 Å². The molecule has 1 saturated carbocycles. The van der Waals surface area contributed by atoms with Crippen molar-refractivity contribution in [1.82, 2.24) is 0 Å². The van der Waals surface area contributed by atoms with Crippen LogP contribution in [0, 0.1) is 5.92 Å². The predicted molar refractivity (Wildman–Crippen MR) is 46.1 cm³/mol. The molecule has 3 rings (SSSR count). The number of rotatable bonds is 0. The Morgan fingerprint density at radius 3 is 3.08 bits per heavy atom. The SMILES string of the molecule is N[C@@H]1[C@@H]2COc3ccccc3[C@@H]12. The van der Waals surface area contributed by atoms with E-state index in [1.54, 1.807) is 0 Å². The summed E-state index contributed by atoms with van der Waals surface area (Å²) in [5.41, 5.74) is 7.21. The van der Waals surface area contributed by atoms with Gasteiger partial charge in [0, 0.05) is 17.9 Å². The maximum atomic E-state index is 5.91. The fourth-order valence-electron chi connectivity index (χ4n) is 2.13. The number of fused-ring (bicyclic) bond motifs is 3. The molecule has 1 aromatic rings. The number of ether oxygens (including phenoxy) is 1. The lowest BCUT2D eigenvalue weighted by molar-refractivity contribution is 0.277. The van der Waals surface area contributed by atoms with Gasteiger partial charge in [-0.25, -0.2) is 0 Å². The molecule has 3 atom stereocenters. The van der Waals surface area contributed by atoms with Crippen molar-refractivity contribution < 1.29 is 4.74 Å². The van der Waals surface area contributed by atoms with E-state index < -0.39 is 0 Å². The fraction of sp³-hybridized carbons (Fsp3) is 0.400. The Morgan fingerprint density at radius 2 is 2.17 bits per heavy atom. The molecule has 0 unspecified atom stereocenters. The van der Waals surface area contributed by atoms with Gasteiger partial charge in [-0.05, 0) is 11.6 Å². The Labute approximate surface area is 71.3 Å². The molecule has 0 amide bonds. The number of benzene rings is 1. The van der Waals surface area contributed by atoms with Crippen LogP contribution in [0.3, 0.4) is 0 Å². The number of nitrogens with two attached hydrogens (primary N) is 1. The van der Waals surface area contributed by atoms with Crippen LogP contribution in [0.2, 0.25) is 0 Å². The smallest absolute Gasteiger partial charge is 0.122 e. The van der Waals surface area contributed by atoms with Crippen LogP contribution < -0.4 is 10.5 Å². The molecule has 1 aliphatic carbocycles. The molecule has 0 radical (unpaired) electrons. The first kappa shape index (κ1) is 6.49. The molecule has 2 N–H and O–H groups in total. The molecule has 0 spiro atoms. The Kier molecular flexibility index (Phi) is 1.09. The van der Waals surface area contributed by atoms with Gasteiger partial charge in [-0.1, -0.05) is 18.2 Å². The number of para-hydroxylation sites is 1. The van der Waals surface area contributed by atoms with Gasteiger partial charge < -0.3 is 10.5 Å². The van der Waals surface area contributed by atoms with Crippen LogP contribution in [-0.4, -0.2) is 12.6 Å². The molecular weight excluding hydrogens is 150 g/mol. The van der Waals surface area contributed by atoms with E-state index in [4.69, 9.17) is 10.5 Å². The van der Waals surface area contributed by atoms with Crippen LogP contribution in [0.1, 0.15) is 11.5 Å². The molecule has 1 aliphatic heterocycles. The minimum absolute atomic E-state index is 0.341. The molecule has 2 aliphatic rings. The Balaban J connectivity index is 2.10. The summed E-state index contributed by atoms with van der Waals surface area (Å²) in [6.07, 6.45) is 0. The Morgan fingerprint density at radius 1 is 1.33 bits per heavy atom. The third-order valence-electron chi connectivity index (χ3n) is 2.94. The molecule has 1 aromatic carbocycles. The maximum Gasteiger partial charge on any atom is 0.122 e. The molecule has 12 heavy (non-hydrogen) atoms. The average Bonchev–Trinajstić information content (AvgIpc) is 2.78. The van der Waals surface area contributed by atoms with Crippen LogP contribution in [-0.2, 0) is 0 Å². The van der Waals surface area contributed by atoms with Gasteiger partial charge in [-0.2, -0.15) is 0 Å². The zero-order valence-electron chi connectivity index (χ0n) is 6.73. The molecule has 2 heteroatoms. The Hall–Kier alpha value is -1.02. The highest BCUT2D eigenvalue weighted by Crippen LogP contribution is 2.52. The minimum atomic E-state index is 0.341. The van der Waals surface area contributed by atoms with Crippen molar-refractivity contribution in [3.8, 4) is 5.75 Å². The zero-order valence-corrected chi connectivity index (χ0v) is 6.73. The van der Waals surface area contributed by atoms with Crippen LogP contribution in [0.4, 0.5) is 0 Å². The summed E-state index contributed by atoms with van der Waals surface area (Å²) in [5, 5.41) is 0. The van der Waals surface area contributed by atoms with Gasteiger partial charge in [0.25, 0.3) is 0 Å². The summed E-state index contributed by atoms with van der Waals surface area (Å²) in [7, 11) is 0. The maximum absolute atomic E-state index is 5.91. The molecule has 1 fully saturated rings. The van der Waals surface area contributed by atoms with Gasteiger partial charge in [0.1, 0.15) is 5.75 Å². The van der Waals surface area contributed by atoms with E-state index in [9.17, 15) is 0 Å². The third kappa shape index (κ3) is 0.681. The zero-order chi connectivity index (χ0) is 8.13. The van der Waals surface area contributed by atoms with E-state index in [0.717, 1.165) is 12.4 Å². The second-order valence-electron chi connectivity index (χ2n) is 3.62. The van der Waals surface area contributed by atoms with Gasteiger partial charge in [-0.15, -0.1) is 0 Å². The van der Waals surface area contributed by atoms with E-state index in [1.807, 2.05) is 12.1 Å². The molecule has 0 saturated heterocycles. The van der Waals surface area contributed by atoms with E-state index >= 15 is 0 Å². The molecule has 1 heterocycles. The van der Waals surface area contributed by atoms with Crippen LogP contribution in [0.15, 0.2) is 24.3 Å². The highest BCUT2D eigenvalue weighted by molar-refractivity contribution is 5.44. The third-order valence-corrected chi connectivity index (χ3v) is 2.94. The molecule has 0 bridgehead atoms. The average molecular weight is 161 g/mol. The van der Waals surface area contributed by atoms with Crippen molar-refractivity contribution in [2.24, 2.45) is 11.7 Å². The molecule has 2 nitrogen and oxygen atoms in total. The lowest BCUT2D eigenvalue weighted by atomic mass is 10.1. The summed E-state index contributed by atoms with van der Waals surface area (Å²) in [6.45, 7) is 0.808. The summed E-state index contributed by atoms with van der Waals surface area (Å²) >= 11 is 0. The first-order chi connectivity index (χ1) is 5.88. The second kappa shape index (κ2) is 2.02. The molecule has 0 aromatic heterocycles. The van der Waals surface area contributed by atoms with E-state index in [-0.39, 0.29) is 0 Å². The summed E-state index contributed by atoms with van der Waals surface area (Å²) in [6, 6.07) is 8.55. The molecular formula is C10H11NO. The van der Waals surface area contributed by atoms with Gasteiger partial charge in [0.2, 0.25) is 0 Å². The minimum Gasteiger partial charge on any atom is -0.493 e. The van der Waals surface area contributed by atoms with Gasteiger partial charge in [0.15, 0.2) is 0 Å². The first-order valence-electron chi connectivity index (χ1n) is 4.35. The highest BCUT2D eigenvalue weighted by atomic mass is 16.5. The molecule has 62 valence electrons. The van der Waals surface area contributed by atoms with Crippen molar-refractivity contribution in [3.05, 3.63) is 29.8 Å². The van der Waals surface area contributed by atoms with Crippen molar-refractivity contribution in [2.75, 3.05) is 6.61 Å². The van der Waals surface area contributed by atoms with E-state index in [2.05, 4.69) is 12.1 Å². The summed E-state index contributed by atoms with van der Waals surface area (Å²) in [4.78, 5) is 0. The summed E-state index contributed by atoms with van der Waals surface area (Å²) in [5.74, 6) is 2.20. The number of hydrogen-bond acceptors (Lipinski definition) is 2. The predicted octanol–water partition coefficient (Wildman–Crippen LogP) is 1.12. The first-order valence-corrected chi connectivity index (χ1v) is 4.35. The lowest BCUT2D eigenvalue weighted by Gasteiger charge is -2.14. The van der Waals surface area contributed by atoms with Gasteiger partial charge in [-0.3, -0.25) is 0 Å². The van der Waals surface area contributed by atoms with E-state index in [0.29, 0.717) is 17.9 Å². The lowest BCUT2D eigenvalue weighted by Crippen LogP contribution is -2.09. The quantitative estimate of drug-likeness (QED) is 0.618. The van der Waals surface area contributed by atoms with Crippen LogP contribution in [0.5, 0.6) is 5.75 Å². The topological polar surface area (TPSA) is 35.2 Å². The van der Waals surface area contributed by atoms with Crippen molar-refractivity contribution in [2.45, 2.75) is 12.0 Å². The van der Waals surface area contributed by atoms with Crippen molar-refractivity contribution >= 4 is 0 Å². The van der Waals surface area contributed by atoms with Crippen LogP contribution in [0.25, 0.3) is 0 Å². The summed E-state index contributed by atoms with van der Waals surface area (Å²) < 4.78 is 5.57. The van der Waals surface area contributed by atoms with Crippen LogP contribution >= 0.6 is 0 Å². The van der Waals surface area contributed by atoms with Gasteiger partial charge in [0.05, 0.1) is 6.61 Å². The standard InChI is InChI=1S/C10H11NO/c11-10-7-5-12-8-4-2-1-3-6(8)9(7)10/h1-4,7,9-10H,5,11H2/t7-,9-,10-/m1/s1. The van der Waals surface area contributed by atoms with Gasteiger partial charge >= 0.3 is 0 Å². The Bertz CT molecular complexity index is 323. The highest BCUT2D eigenvalue weighted by Gasteiger charge is 2.52. The van der Waals surface area contributed by atoms with E-state index in [1.165, 1.54) is 5.56 Å². The van der Waals surface area contributed by atoms with Crippen molar-refractivity contribution in [1.29, 1.82) is 0 Å². The fourth-order valence-corrected chi connectivity index (χ4v) is 2.13. The monoisotopic (exact) mass is 161 g/mol. The number of hydrogen-bond donors (Lipinski definition) is 1. The largest absolute Gasteiger partial charge is 0.493 e.